The van der Waals surface area contributed by atoms with E-state index in [1.54, 1.807) is 35.8 Å². The maximum absolute atomic E-state index is 14.2. The van der Waals surface area contributed by atoms with E-state index in [0.29, 0.717) is 21.1 Å². The molecule has 0 spiro atoms. The van der Waals surface area contributed by atoms with Gasteiger partial charge in [0.1, 0.15) is 0 Å². The van der Waals surface area contributed by atoms with Gasteiger partial charge in [0, 0.05) is 6.42 Å². The summed E-state index contributed by atoms with van der Waals surface area (Å²) in [6.45, 7) is 11.6. The van der Waals surface area contributed by atoms with Gasteiger partial charge in [0.25, 0.3) is 10.0 Å². The number of hydroxylamine groups is 1. The summed E-state index contributed by atoms with van der Waals surface area (Å²) in [7, 11) is -4.53. The third-order valence-electron chi connectivity index (χ3n) is 5.73. The van der Waals surface area contributed by atoms with E-state index in [9.17, 15) is 23.5 Å². The lowest BCUT2D eigenvalue weighted by molar-refractivity contribution is -0.141. The zero-order valence-electron chi connectivity index (χ0n) is 21.1. The lowest BCUT2D eigenvalue weighted by Gasteiger charge is -2.30. The second-order valence-corrected chi connectivity index (χ2v) is 11.1. The van der Waals surface area contributed by atoms with E-state index in [-0.39, 0.29) is 29.1 Å². The summed E-state index contributed by atoms with van der Waals surface area (Å²) in [5, 5.41) is 23.1. The van der Waals surface area contributed by atoms with Crippen molar-refractivity contribution in [3.05, 3.63) is 64.7 Å². The maximum Gasteiger partial charge on any atom is 0.329 e. The second kappa shape index (κ2) is 11.5. The molecule has 2 aromatic carbocycles. The molecular formula is C25H36N4O5S. The van der Waals surface area contributed by atoms with E-state index in [2.05, 4.69) is 5.10 Å². The Balaban J connectivity index is 2.87. The summed E-state index contributed by atoms with van der Waals surface area (Å²) in [6, 6.07) is 10.8. The molecule has 0 amide bonds. The first-order valence-corrected chi connectivity index (χ1v) is 13.0. The van der Waals surface area contributed by atoms with Crippen LogP contribution < -0.4 is 11.2 Å². The first-order chi connectivity index (χ1) is 16.3. The minimum absolute atomic E-state index is 0.0145. The van der Waals surface area contributed by atoms with Gasteiger partial charge in [-0.05, 0) is 40.0 Å². The highest BCUT2D eigenvalue weighted by Crippen LogP contribution is 2.37. The van der Waals surface area contributed by atoms with Crippen LogP contribution in [-0.4, -0.2) is 41.1 Å². The lowest BCUT2D eigenvalue weighted by atomic mass is 9.89. The van der Waals surface area contributed by atoms with Gasteiger partial charge in [0.05, 0.1) is 4.90 Å². The Kier molecular flexibility index (Phi) is 9.28. The number of guanidine groups is 1. The fraction of sp³-hybridized carbons (Fsp3) is 0.440. The van der Waals surface area contributed by atoms with Crippen LogP contribution in [-0.2, 0) is 21.2 Å². The summed E-state index contributed by atoms with van der Waals surface area (Å²) >= 11 is 0. The Morgan fingerprint density at radius 2 is 1.51 bits per heavy atom. The van der Waals surface area contributed by atoms with Crippen molar-refractivity contribution in [1.82, 2.24) is 9.89 Å². The number of hydrazone groups is 1. The Morgan fingerprint density at radius 1 is 1.00 bits per heavy atom. The van der Waals surface area contributed by atoms with Gasteiger partial charge >= 0.3 is 5.97 Å². The maximum atomic E-state index is 14.2. The van der Waals surface area contributed by atoms with Crippen LogP contribution in [0.2, 0.25) is 0 Å². The van der Waals surface area contributed by atoms with Gasteiger partial charge < -0.3 is 10.8 Å². The van der Waals surface area contributed by atoms with E-state index in [4.69, 9.17) is 5.73 Å². The smallest absolute Gasteiger partial charge is 0.329 e. The summed E-state index contributed by atoms with van der Waals surface area (Å²) in [5.74, 6) is -2.23. The van der Waals surface area contributed by atoms with Crippen LogP contribution in [0, 0.1) is 0 Å². The molecule has 0 heterocycles. The van der Waals surface area contributed by atoms with Crippen molar-refractivity contribution in [3.8, 4) is 0 Å². The summed E-state index contributed by atoms with van der Waals surface area (Å²) in [4.78, 5) is 12.4. The van der Waals surface area contributed by atoms with Crippen molar-refractivity contribution in [2.24, 2.45) is 10.8 Å². The number of rotatable bonds is 10. The number of benzene rings is 2. The number of carbonyl (C=O) groups is 1. The van der Waals surface area contributed by atoms with Crippen LogP contribution in [0.3, 0.4) is 0 Å². The first kappa shape index (κ1) is 28.1. The molecule has 0 radical (unpaired) electrons. The zero-order chi connectivity index (χ0) is 26.5. The van der Waals surface area contributed by atoms with Gasteiger partial charge in [-0.3, -0.25) is 5.21 Å². The number of nitrogens with zero attached hydrogens (tertiary/aromatic N) is 2. The number of carboxylic acid groups (broad SMARTS) is 1. The van der Waals surface area contributed by atoms with Crippen molar-refractivity contribution in [2.75, 3.05) is 0 Å². The van der Waals surface area contributed by atoms with Crippen LogP contribution in [0.4, 0.5) is 0 Å². The number of carboxylic acids is 1. The highest BCUT2D eigenvalue weighted by molar-refractivity contribution is 7.89. The van der Waals surface area contributed by atoms with Gasteiger partial charge in [-0.2, -0.15) is 12.8 Å². The Bertz CT molecular complexity index is 1130. The zero-order valence-corrected chi connectivity index (χ0v) is 21.9. The minimum atomic E-state index is -4.53. The second-order valence-electron chi connectivity index (χ2n) is 9.41. The van der Waals surface area contributed by atoms with E-state index >= 15 is 0 Å². The van der Waals surface area contributed by atoms with E-state index < -0.39 is 28.0 Å². The van der Waals surface area contributed by atoms with Crippen LogP contribution in [0.5, 0.6) is 0 Å². The normalized spacial score (nSPS) is 13.4. The molecule has 0 bridgehead atoms. The number of sulfonamides is 1. The third kappa shape index (κ3) is 6.52. The fourth-order valence-electron chi connectivity index (χ4n) is 3.80. The molecule has 0 aliphatic rings. The topological polar surface area (TPSA) is 145 Å². The van der Waals surface area contributed by atoms with Crippen molar-refractivity contribution in [1.29, 1.82) is 0 Å². The van der Waals surface area contributed by atoms with Crippen LogP contribution >= 0.6 is 0 Å². The number of aliphatic carboxylic acids is 1. The van der Waals surface area contributed by atoms with Gasteiger partial charge in [0.2, 0.25) is 5.96 Å². The van der Waals surface area contributed by atoms with Crippen molar-refractivity contribution < 1.29 is 23.5 Å². The predicted octanol–water partition coefficient (Wildman–Crippen LogP) is 3.95. The molecule has 2 rings (SSSR count). The van der Waals surface area contributed by atoms with Crippen molar-refractivity contribution >= 4 is 22.0 Å². The standard InChI is InChI=1S/C25H36N4O5S/c1-15(2)19-13-20(16(3)4)23(21(14-19)17(5)6)35(33,34)29(27-25(26)28-32)22(24(30)31)12-18-10-8-7-9-11-18/h7-11,13-17,22,32H,12H2,1-6H3,(H,30,31)(H3,26,27,28)/t22-/m0/s1. The molecular weight excluding hydrogens is 468 g/mol. The number of hydrogen-bond donors (Lipinski definition) is 4. The molecule has 5 N–H and O–H groups in total. The lowest BCUT2D eigenvalue weighted by Crippen LogP contribution is -2.46. The average molecular weight is 505 g/mol. The summed E-state index contributed by atoms with van der Waals surface area (Å²) in [6.07, 6.45) is -0.157. The molecule has 35 heavy (non-hydrogen) atoms. The number of hydrogen-bond acceptors (Lipinski definition) is 5. The van der Waals surface area contributed by atoms with E-state index in [1.165, 1.54) is 0 Å². The molecule has 0 aliphatic heterocycles. The molecule has 0 aliphatic carbocycles. The average Bonchev–Trinajstić information content (AvgIpc) is 2.80. The minimum Gasteiger partial charge on any atom is -0.480 e. The van der Waals surface area contributed by atoms with Crippen molar-refractivity contribution in [3.63, 3.8) is 0 Å². The molecule has 1 atom stereocenters. The highest BCUT2D eigenvalue weighted by Gasteiger charge is 2.39. The quantitative estimate of drug-likeness (QED) is 0.218. The fourth-order valence-corrected chi connectivity index (χ4v) is 5.86. The van der Waals surface area contributed by atoms with E-state index in [1.807, 2.05) is 53.7 Å². The first-order valence-electron chi connectivity index (χ1n) is 11.5. The summed E-state index contributed by atoms with van der Waals surface area (Å²) in [5.41, 5.74) is 9.97. The van der Waals surface area contributed by atoms with Crippen LogP contribution in [0.15, 0.2) is 52.5 Å². The van der Waals surface area contributed by atoms with Gasteiger partial charge in [-0.15, -0.1) is 5.10 Å². The molecule has 9 nitrogen and oxygen atoms in total. The number of nitrogens with one attached hydrogen (secondary N) is 1. The SMILES string of the molecule is CC(C)c1cc(C(C)C)c(S(=O)(=O)N(N=C(N)NO)[C@@H](Cc2ccccc2)C(=O)O)c(C(C)C)c1. The Labute approximate surface area is 207 Å². The summed E-state index contributed by atoms with van der Waals surface area (Å²) < 4.78 is 29.0. The molecule has 0 saturated heterocycles. The van der Waals surface area contributed by atoms with Gasteiger partial charge in [-0.25, -0.2) is 10.3 Å². The third-order valence-corrected chi connectivity index (χ3v) is 7.54. The molecule has 2 aromatic rings. The van der Waals surface area contributed by atoms with E-state index in [0.717, 1.165) is 5.56 Å². The monoisotopic (exact) mass is 504 g/mol. The molecule has 10 heteroatoms. The van der Waals surface area contributed by atoms with Crippen LogP contribution in [0.25, 0.3) is 0 Å². The molecule has 0 aromatic heterocycles. The Morgan fingerprint density at radius 3 is 1.91 bits per heavy atom. The van der Waals surface area contributed by atoms with Crippen LogP contribution in [0.1, 0.15) is 81.5 Å². The van der Waals surface area contributed by atoms with Gasteiger partial charge in [0.15, 0.2) is 6.04 Å². The molecule has 0 unspecified atom stereocenters. The Hall–Kier alpha value is -3.11. The van der Waals surface area contributed by atoms with Crippen molar-refractivity contribution in [2.45, 2.75) is 76.7 Å². The molecule has 0 saturated carbocycles. The highest BCUT2D eigenvalue weighted by atomic mass is 32.2. The largest absolute Gasteiger partial charge is 0.480 e. The predicted molar refractivity (Wildman–Crippen MR) is 136 cm³/mol. The molecule has 192 valence electrons. The number of nitrogens with two attached hydrogens (primary N) is 1. The van der Waals surface area contributed by atoms with Gasteiger partial charge in [-0.1, -0.05) is 84.0 Å². The molecule has 0 fully saturated rings.